The monoisotopic (exact) mass is 259 g/mol. The van der Waals surface area contributed by atoms with E-state index in [4.69, 9.17) is 0 Å². The molecule has 0 aliphatic rings. The molecule has 4 nitrogen and oxygen atoms in total. The van der Waals surface area contributed by atoms with Crippen molar-refractivity contribution in [1.82, 2.24) is 14.5 Å². The average Bonchev–Trinajstić information content (AvgIpc) is 2.85. The summed E-state index contributed by atoms with van der Waals surface area (Å²) in [5, 5.41) is 1.90. The van der Waals surface area contributed by atoms with E-state index in [0.29, 0.717) is 0 Å². The summed E-state index contributed by atoms with van der Waals surface area (Å²) in [7, 11) is 0. The van der Waals surface area contributed by atoms with E-state index < -0.39 is 0 Å². The van der Waals surface area contributed by atoms with Gasteiger partial charge in [-0.3, -0.25) is 9.36 Å². The second kappa shape index (κ2) is 4.17. The van der Waals surface area contributed by atoms with Gasteiger partial charge < -0.3 is 4.98 Å². The molecule has 1 aromatic carbocycles. The Bertz CT molecular complexity index is 741. The number of aromatic nitrogens is 3. The van der Waals surface area contributed by atoms with E-state index in [-0.39, 0.29) is 5.91 Å². The smallest absolute Gasteiger partial charge is 0.229 e. The van der Waals surface area contributed by atoms with Crippen molar-refractivity contribution in [3.63, 3.8) is 0 Å². The molecule has 5 heteroatoms. The van der Waals surface area contributed by atoms with Crippen LogP contribution in [-0.4, -0.2) is 26.2 Å². The fourth-order valence-corrected chi connectivity index (χ4v) is 2.81. The van der Waals surface area contributed by atoms with Crippen LogP contribution in [0.1, 0.15) is 18.6 Å². The fraction of sp³-hybridized carbons (Fsp3) is 0.231. The topological polar surface area (TPSA) is 50.7 Å². The Hall–Kier alpha value is -1.75. The van der Waals surface area contributed by atoms with Crippen LogP contribution >= 0.6 is 11.8 Å². The minimum absolute atomic E-state index is 0.0132. The predicted molar refractivity (Wildman–Crippen MR) is 74.3 cm³/mol. The maximum Gasteiger partial charge on any atom is 0.229 e. The largest absolute Gasteiger partial charge is 0.331 e. The van der Waals surface area contributed by atoms with Gasteiger partial charge in [0.1, 0.15) is 0 Å². The number of hydrogen-bond donors (Lipinski definition) is 1. The number of hydrogen-bond acceptors (Lipinski definition) is 3. The van der Waals surface area contributed by atoms with Gasteiger partial charge in [-0.2, -0.15) is 0 Å². The number of carbonyl (C=O) groups excluding carboxylic acids is 1. The summed E-state index contributed by atoms with van der Waals surface area (Å²) in [5.74, 6) is 0.939. The fourth-order valence-electron chi connectivity index (χ4n) is 2.21. The highest BCUT2D eigenvalue weighted by Crippen LogP contribution is 2.29. The van der Waals surface area contributed by atoms with E-state index >= 15 is 0 Å². The van der Waals surface area contributed by atoms with Crippen molar-refractivity contribution >= 4 is 39.7 Å². The van der Waals surface area contributed by atoms with Crippen LogP contribution in [0.5, 0.6) is 0 Å². The lowest BCUT2D eigenvalue weighted by Gasteiger charge is -1.99. The summed E-state index contributed by atoms with van der Waals surface area (Å²) in [5.41, 5.74) is 2.57. The van der Waals surface area contributed by atoms with Crippen molar-refractivity contribution in [3.05, 3.63) is 24.3 Å². The molecule has 0 amide bonds. The van der Waals surface area contributed by atoms with Crippen molar-refractivity contribution in [3.8, 4) is 0 Å². The molecule has 0 saturated carbocycles. The Morgan fingerprint density at radius 1 is 1.44 bits per heavy atom. The number of H-pyrrole nitrogens is 1. The Morgan fingerprint density at radius 2 is 2.22 bits per heavy atom. The number of fused-ring (bicyclic) bond motifs is 3. The molecule has 1 N–H and O–H groups in total. The zero-order valence-corrected chi connectivity index (χ0v) is 11.0. The number of nitrogens with zero attached hydrogens (tertiary/aromatic N) is 2. The third-order valence-corrected chi connectivity index (χ3v) is 3.64. The maximum atomic E-state index is 11.8. The highest BCUT2D eigenvalue weighted by atomic mass is 32.2. The second-order valence-corrected chi connectivity index (χ2v) is 5.30. The molecule has 2 aromatic heterocycles. The first-order valence-electron chi connectivity index (χ1n) is 5.85. The van der Waals surface area contributed by atoms with Gasteiger partial charge in [0.05, 0.1) is 11.0 Å². The molecular weight excluding hydrogens is 246 g/mol. The lowest BCUT2D eigenvalue weighted by atomic mass is 10.2. The second-order valence-electron chi connectivity index (χ2n) is 4.05. The van der Waals surface area contributed by atoms with Crippen LogP contribution in [-0.2, 0) is 0 Å². The molecule has 3 aromatic rings. The zero-order chi connectivity index (χ0) is 12.7. The quantitative estimate of drug-likeness (QED) is 0.718. The minimum atomic E-state index is -0.0132. The summed E-state index contributed by atoms with van der Waals surface area (Å²) >= 11 is 1.64. The van der Waals surface area contributed by atoms with Gasteiger partial charge in [0.25, 0.3) is 0 Å². The van der Waals surface area contributed by atoms with Crippen LogP contribution in [0.2, 0.25) is 0 Å². The van der Waals surface area contributed by atoms with E-state index in [2.05, 4.69) is 16.9 Å². The van der Waals surface area contributed by atoms with Crippen molar-refractivity contribution in [2.24, 2.45) is 0 Å². The molecule has 0 aliphatic carbocycles. The molecule has 0 aliphatic heterocycles. The highest BCUT2D eigenvalue weighted by molar-refractivity contribution is 7.99. The van der Waals surface area contributed by atoms with Gasteiger partial charge in [-0.15, -0.1) is 0 Å². The van der Waals surface area contributed by atoms with Crippen molar-refractivity contribution in [2.75, 3.05) is 5.75 Å². The van der Waals surface area contributed by atoms with Gasteiger partial charge >= 0.3 is 0 Å². The van der Waals surface area contributed by atoms with Crippen molar-refractivity contribution in [1.29, 1.82) is 0 Å². The molecule has 0 fully saturated rings. The van der Waals surface area contributed by atoms with Crippen LogP contribution in [0.15, 0.2) is 29.4 Å². The summed E-state index contributed by atoms with van der Waals surface area (Å²) in [4.78, 5) is 19.6. The third-order valence-electron chi connectivity index (χ3n) is 2.89. The number of carbonyl (C=O) groups is 1. The minimum Gasteiger partial charge on any atom is -0.331 e. The van der Waals surface area contributed by atoms with E-state index in [1.54, 1.807) is 23.3 Å². The SMILES string of the molecule is CCSc1nc2c([nH]1)c1ccccc1n2C(C)=O. The Morgan fingerprint density at radius 3 is 2.94 bits per heavy atom. The first kappa shape index (κ1) is 11.3. The number of aromatic amines is 1. The normalized spacial score (nSPS) is 11.4. The van der Waals surface area contributed by atoms with Crippen LogP contribution in [0, 0.1) is 0 Å². The molecule has 2 heterocycles. The first-order chi connectivity index (χ1) is 8.72. The van der Waals surface area contributed by atoms with Gasteiger partial charge in [0.2, 0.25) is 5.91 Å². The third kappa shape index (κ3) is 1.54. The summed E-state index contributed by atoms with van der Waals surface area (Å²) in [6, 6.07) is 7.86. The number of thioether (sulfide) groups is 1. The predicted octanol–water partition coefficient (Wildman–Crippen LogP) is 3.29. The average molecular weight is 259 g/mol. The van der Waals surface area contributed by atoms with Crippen molar-refractivity contribution < 1.29 is 4.79 Å². The Balaban J connectivity index is 2.40. The molecule has 0 unspecified atom stereocenters. The van der Waals surface area contributed by atoms with Crippen LogP contribution < -0.4 is 0 Å². The number of imidazole rings is 1. The van der Waals surface area contributed by atoms with E-state index in [1.165, 1.54) is 0 Å². The number of rotatable bonds is 2. The molecule has 18 heavy (non-hydrogen) atoms. The van der Waals surface area contributed by atoms with Gasteiger partial charge in [0, 0.05) is 12.3 Å². The lowest BCUT2D eigenvalue weighted by Crippen LogP contribution is -2.04. The van der Waals surface area contributed by atoms with Gasteiger partial charge in [-0.1, -0.05) is 36.9 Å². The van der Waals surface area contributed by atoms with E-state index in [1.807, 2.05) is 24.3 Å². The molecule has 0 atom stereocenters. The molecule has 0 saturated heterocycles. The number of para-hydroxylation sites is 1. The van der Waals surface area contributed by atoms with Gasteiger partial charge in [0.15, 0.2) is 10.8 Å². The number of benzene rings is 1. The highest BCUT2D eigenvalue weighted by Gasteiger charge is 2.16. The van der Waals surface area contributed by atoms with Crippen LogP contribution in [0.4, 0.5) is 0 Å². The molecule has 0 bridgehead atoms. The van der Waals surface area contributed by atoms with Gasteiger partial charge in [-0.05, 0) is 11.8 Å². The van der Waals surface area contributed by atoms with E-state index in [0.717, 1.165) is 33.0 Å². The molecule has 92 valence electrons. The first-order valence-corrected chi connectivity index (χ1v) is 6.84. The van der Waals surface area contributed by atoms with Gasteiger partial charge in [-0.25, -0.2) is 4.98 Å². The Kier molecular flexibility index (Phi) is 2.63. The molecule has 3 rings (SSSR count). The Labute approximate surface area is 108 Å². The summed E-state index contributed by atoms with van der Waals surface area (Å²) in [6.45, 7) is 3.64. The molecule has 0 spiro atoms. The number of nitrogens with one attached hydrogen (secondary N) is 1. The molecule has 0 radical (unpaired) electrons. The van der Waals surface area contributed by atoms with Crippen LogP contribution in [0.3, 0.4) is 0 Å². The summed E-state index contributed by atoms with van der Waals surface area (Å²) < 4.78 is 1.67. The zero-order valence-electron chi connectivity index (χ0n) is 10.2. The molecular formula is C13H13N3OS. The van der Waals surface area contributed by atoms with Crippen molar-refractivity contribution in [2.45, 2.75) is 19.0 Å². The van der Waals surface area contributed by atoms with Crippen LogP contribution in [0.25, 0.3) is 22.1 Å². The lowest BCUT2D eigenvalue weighted by molar-refractivity contribution is 0.0946. The summed E-state index contributed by atoms with van der Waals surface area (Å²) in [6.07, 6.45) is 0. The maximum absolute atomic E-state index is 11.8. The standard InChI is InChI=1S/C13H13N3OS/c1-3-18-13-14-11-9-6-4-5-7-10(9)16(8(2)17)12(11)15-13/h4-7H,3H2,1-2H3,(H,14,15). The van der Waals surface area contributed by atoms with E-state index in [9.17, 15) is 4.79 Å².